The first-order valence-corrected chi connectivity index (χ1v) is 12.9. The highest BCUT2D eigenvalue weighted by molar-refractivity contribution is 6.02. The Morgan fingerprint density at radius 3 is 2.90 bits per heavy atom. The number of fused-ring (bicyclic) bond motifs is 1. The lowest BCUT2D eigenvalue weighted by Crippen LogP contribution is -2.40. The van der Waals surface area contributed by atoms with Crippen LogP contribution in [0, 0.1) is 11.3 Å². The summed E-state index contributed by atoms with van der Waals surface area (Å²) >= 11 is 0. The normalized spacial score (nSPS) is 17.1. The Morgan fingerprint density at radius 2 is 2.21 bits per heavy atom. The molecular weight excluding hydrogens is 502 g/mol. The van der Waals surface area contributed by atoms with Gasteiger partial charge in [0.25, 0.3) is 5.91 Å². The van der Waals surface area contributed by atoms with Gasteiger partial charge in [-0.1, -0.05) is 0 Å². The quantitative estimate of drug-likeness (QED) is 0.462. The summed E-state index contributed by atoms with van der Waals surface area (Å²) in [4.78, 5) is 49.7. The number of hydrogen-bond donors (Lipinski definition) is 2. The van der Waals surface area contributed by atoms with Crippen molar-refractivity contribution in [3.8, 4) is 6.07 Å². The van der Waals surface area contributed by atoms with Gasteiger partial charge in [-0.05, 0) is 44.2 Å². The summed E-state index contributed by atoms with van der Waals surface area (Å²) in [5.41, 5.74) is 2.48. The fraction of sp³-hybridized carbons (Fsp3) is 0.481. The van der Waals surface area contributed by atoms with Crippen LogP contribution in [0.3, 0.4) is 0 Å². The van der Waals surface area contributed by atoms with E-state index in [-0.39, 0.29) is 30.0 Å². The predicted molar refractivity (Wildman–Crippen MR) is 144 cm³/mol. The van der Waals surface area contributed by atoms with Gasteiger partial charge in [0.05, 0.1) is 17.9 Å². The number of amides is 3. The Bertz CT molecular complexity index is 1270. The van der Waals surface area contributed by atoms with E-state index in [9.17, 15) is 19.6 Å². The molecule has 2 aromatic rings. The van der Waals surface area contributed by atoms with Crippen LogP contribution in [0.1, 0.15) is 53.4 Å². The Hall–Kier alpha value is -4.08. The number of carbonyl (C=O) groups excluding carboxylic acids is 3. The summed E-state index contributed by atoms with van der Waals surface area (Å²) in [6.07, 6.45) is 4.52. The van der Waals surface area contributed by atoms with Gasteiger partial charge in [-0.2, -0.15) is 5.26 Å². The molecule has 3 amide bonds. The van der Waals surface area contributed by atoms with Crippen LogP contribution in [0.15, 0.2) is 18.3 Å². The molecule has 2 aromatic heterocycles. The number of pyridine rings is 2. The maximum Gasteiger partial charge on any atom is 0.328 e. The van der Waals surface area contributed by atoms with Gasteiger partial charge in [-0.25, -0.2) is 14.8 Å². The van der Waals surface area contributed by atoms with Crippen molar-refractivity contribution in [2.24, 2.45) is 0 Å². The molecule has 39 heavy (non-hydrogen) atoms. The molecule has 0 bridgehead atoms. The second-order valence-electron chi connectivity index (χ2n) is 9.74. The van der Waals surface area contributed by atoms with Gasteiger partial charge in [-0.15, -0.1) is 0 Å². The number of anilines is 3. The molecule has 4 rings (SSSR count). The summed E-state index contributed by atoms with van der Waals surface area (Å²) in [6.45, 7) is 3.54. The van der Waals surface area contributed by atoms with Crippen LogP contribution in [0.2, 0.25) is 0 Å². The van der Waals surface area contributed by atoms with E-state index in [0.29, 0.717) is 67.9 Å². The number of aldehydes is 1. The maximum absolute atomic E-state index is 13.3. The SMILES string of the molecule is COCC(C)Nc1cc(NC(=O)N2CCCc3cc(CN(C)C(=O)[C@H]4CCCO4)c(C=O)nc32)ncc1C#N. The number of carbonyl (C=O) groups is 3. The van der Waals surface area contributed by atoms with Crippen molar-refractivity contribution in [3.63, 3.8) is 0 Å². The molecule has 2 aliphatic rings. The summed E-state index contributed by atoms with van der Waals surface area (Å²) < 4.78 is 10.6. The van der Waals surface area contributed by atoms with Gasteiger partial charge in [0.15, 0.2) is 6.29 Å². The summed E-state index contributed by atoms with van der Waals surface area (Å²) in [5.74, 6) is 0.543. The number of ether oxygens (including phenoxy) is 2. The predicted octanol–water partition coefficient (Wildman–Crippen LogP) is 2.73. The molecule has 0 spiro atoms. The Labute approximate surface area is 227 Å². The molecule has 4 heterocycles. The lowest BCUT2D eigenvalue weighted by Gasteiger charge is -2.30. The number of nitrogens with one attached hydrogen (secondary N) is 2. The molecule has 12 nitrogen and oxygen atoms in total. The molecule has 1 unspecified atom stereocenters. The van der Waals surface area contributed by atoms with Crippen molar-refractivity contribution in [2.75, 3.05) is 49.4 Å². The van der Waals surface area contributed by atoms with Crippen molar-refractivity contribution in [1.29, 1.82) is 5.26 Å². The highest BCUT2D eigenvalue weighted by Crippen LogP contribution is 2.29. The number of aryl methyl sites for hydroxylation is 1. The van der Waals surface area contributed by atoms with Crippen molar-refractivity contribution < 1.29 is 23.9 Å². The number of rotatable bonds is 9. The largest absolute Gasteiger partial charge is 0.383 e. The van der Waals surface area contributed by atoms with Crippen LogP contribution in [0.4, 0.5) is 22.1 Å². The first-order valence-electron chi connectivity index (χ1n) is 12.9. The molecular formula is C27H33N7O5. The van der Waals surface area contributed by atoms with Crippen LogP contribution in [0.5, 0.6) is 0 Å². The van der Waals surface area contributed by atoms with E-state index in [2.05, 4.69) is 26.7 Å². The zero-order valence-corrected chi connectivity index (χ0v) is 22.4. The van der Waals surface area contributed by atoms with Crippen LogP contribution < -0.4 is 15.5 Å². The third-order valence-corrected chi connectivity index (χ3v) is 6.70. The third kappa shape index (κ3) is 6.50. The van der Waals surface area contributed by atoms with E-state index in [4.69, 9.17) is 9.47 Å². The molecule has 0 radical (unpaired) electrons. The number of nitrogens with zero attached hydrogens (tertiary/aromatic N) is 5. The van der Waals surface area contributed by atoms with Gasteiger partial charge in [-0.3, -0.25) is 19.8 Å². The van der Waals surface area contributed by atoms with Crippen molar-refractivity contribution >= 4 is 35.5 Å². The number of hydrogen-bond acceptors (Lipinski definition) is 9. The van der Waals surface area contributed by atoms with Crippen LogP contribution >= 0.6 is 0 Å². The van der Waals surface area contributed by atoms with Gasteiger partial charge in [0, 0.05) is 57.7 Å². The molecule has 0 aromatic carbocycles. The molecule has 0 aliphatic carbocycles. The number of likely N-dealkylation sites (N-methyl/N-ethyl adjacent to an activating group) is 1. The Kier molecular flexibility index (Phi) is 9.06. The summed E-state index contributed by atoms with van der Waals surface area (Å²) in [6, 6.07) is 5.02. The monoisotopic (exact) mass is 535 g/mol. The molecule has 2 N–H and O–H groups in total. The van der Waals surface area contributed by atoms with Gasteiger partial charge in [0.1, 0.15) is 29.5 Å². The molecule has 206 valence electrons. The number of aromatic nitrogens is 2. The summed E-state index contributed by atoms with van der Waals surface area (Å²) in [7, 11) is 3.27. The summed E-state index contributed by atoms with van der Waals surface area (Å²) in [5, 5.41) is 15.4. The van der Waals surface area contributed by atoms with E-state index < -0.39 is 12.1 Å². The fourth-order valence-electron chi connectivity index (χ4n) is 4.80. The second kappa shape index (κ2) is 12.6. The average Bonchev–Trinajstić information content (AvgIpc) is 3.47. The van der Waals surface area contributed by atoms with Gasteiger partial charge >= 0.3 is 6.03 Å². The highest BCUT2D eigenvalue weighted by Gasteiger charge is 2.29. The first kappa shape index (κ1) is 27.9. The van der Waals surface area contributed by atoms with E-state index in [1.807, 2.05) is 13.0 Å². The second-order valence-corrected chi connectivity index (χ2v) is 9.74. The smallest absolute Gasteiger partial charge is 0.328 e. The highest BCUT2D eigenvalue weighted by atomic mass is 16.5. The van der Waals surface area contributed by atoms with Gasteiger partial charge in [0.2, 0.25) is 0 Å². The number of nitriles is 1. The lowest BCUT2D eigenvalue weighted by molar-refractivity contribution is -0.140. The minimum absolute atomic E-state index is 0.0674. The van der Waals surface area contributed by atoms with Crippen molar-refractivity contribution in [1.82, 2.24) is 14.9 Å². The zero-order chi connectivity index (χ0) is 27.9. The van der Waals surface area contributed by atoms with E-state index in [1.165, 1.54) is 11.1 Å². The van der Waals surface area contributed by atoms with E-state index in [0.717, 1.165) is 12.0 Å². The minimum atomic E-state index is -0.452. The minimum Gasteiger partial charge on any atom is -0.383 e. The Morgan fingerprint density at radius 1 is 1.38 bits per heavy atom. The molecule has 0 saturated carbocycles. The van der Waals surface area contributed by atoms with Gasteiger partial charge < -0.3 is 19.7 Å². The standard InChI is InChI=1S/C27H33N7O5/c1-17(16-38-3)30-21-11-24(29-13-20(21)12-28)32-27(37)34-8-4-6-18-10-19(22(15-35)31-25(18)34)14-33(2)26(36)23-7-5-9-39-23/h10-11,13,15,17,23H,4-9,14,16H2,1-3H3,(H2,29,30,32,37)/t17?,23-/m1/s1. The number of methoxy groups -OCH3 is 1. The molecule has 1 fully saturated rings. The fourth-order valence-corrected chi connectivity index (χ4v) is 4.80. The Balaban J connectivity index is 1.52. The van der Waals surface area contributed by atoms with E-state index >= 15 is 0 Å². The van der Waals surface area contributed by atoms with Crippen LogP contribution in [0.25, 0.3) is 0 Å². The molecule has 2 atom stereocenters. The zero-order valence-electron chi connectivity index (χ0n) is 22.4. The van der Waals surface area contributed by atoms with E-state index in [1.54, 1.807) is 25.1 Å². The van der Waals surface area contributed by atoms with Crippen molar-refractivity contribution in [2.45, 2.75) is 51.3 Å². The molecule has 1 saturated heterocycles. The molecule has 2 aliphatic heterocycles. The lowest BCUT2D eigenvalue weighted by atomic mass is 10.0. The average molecular weight is 536 g/mol. The molecule has 12 heteroatoms. The van der Waals surface area contributed by atoms with Crippen LogP contribution in [-0.2, 0) is 27.2 Å². The number of urea groups is 1. The third-order valence-electron chi connectivity index (χ3n) is 6.70. The first-order chi connectivity index (χ1) is 18.8. The van der Waals surface area contributed by atoms with Crippen LogP contribution in [-0.4, -0.2) is 79.2 Å². The van der Waals surface area contributed by atoms with Crippen molar-refractivity contribution in [3.05, 3.63) is 40.7 Å². The maximum atomic E-state index is 13.3. The topological polar surface area (TPSA) is 150 Å².